The number of fused-ring (bicyclic) bond motifs is 2. The zero-order valence-electron chi connectivity index (χ0n) is 25.8. The van der Waals surface area contributed by atoms with Crippen LogP contribution in [0, 0.1) is 30.5 Å². The van der Waals surface area contributed by atoms with Gasteiger partial charge in [-0.2, -0.15) is 0 Å². The van der Waals surface area contributed by atoms with E-state index in [0.717, 1.165) is 6.21 Å². The normalized spacial score (nSPS) is 18.6. The van der Waals surface area contributed by atoms with Crippen molar-refractivity contribution in [2.45, 2.75) is 52.3 Å². The predicted molar refractivity (Wildman–Crippen MR) is 179 cm³/mol. The Balaban J connectivity index is 1.81. The first-order chi connectivity index (χ1) is 21.4. The van der Waals surface area contributed by atoms with Gasteiger partial charge in [-0.3, -0.25) is 15.2 Å². The molecule has 1 fully saturated rings. The number of hydrogen-bond acceptors (Lipinski definition) is 8. The molecule has 5 rings (SSSR count). The van der Waals surface area contributed by atoms with Crippen molar-refractivity contribution in [1.29, 1.82) is 10.8 Å². The minimum absolute atomic E-state index is 0.0323. The van der Waals surface area contributed by atoms with Gasteiger partial charge >= 0.3 is 0 Å². The second-order valence-corrected chi connectivity index (χ2v) is 12.0. The highest BCUT2D eigenvalue weighted by Crippen LogP contribution is 2.48. The van der Waals surface area contributed by atoms with Crippen molar-refractivity contribution in [2.75, 3.05) is 36.0 Å². The van der Waals surface area contributed by atoms with Gasteiger partial charge < -0.3 is 36.7 Å². The average Bonchev–Trinajstić information content (AvgIpc) is 2.99. The highest BCUT2D eigenvalue weighted by molar-refractivity contribution is 6.38. The monoisotopic (exact) mass is 632 g/mol. The molecule has 7 N–H and O–H groups in total. The van der Waals surface area contributed by atoms with Gasteiger partial charge in [-0.15, -0.1) is 0 Å². The molecule has 3 aromatic rings. The van der Waals surface area contributed by atoms with Gasteiger partial charge in [0.15, 0.2) is 5.82 Å². The van der Waals surface area contributed by atoms with E-state index >= 15 is 4.39 Å². The lowest BCUT2D eigenvalue weighted by Crippen LogP contribution is -2.61. The summed E-state index contributed by atoms with van der Waals surface area (Å²) in [6.45, 7) is 11.9. The molecule has 45 heavy (non-hydrogen) atoms. The van der Waals surface area contributed by atoms with Gasteiger partial charge in [-0.05, 0) is 69.0 Å². The van der Waals surface area contributed by atoms with Crippen LogP contribution in [0.4, 0.5) is 27.1 Å². The van der Waals surface area contributed by atoms with Crippen molar-refractivity contribution in [3.63, 3.8) is 0 Å². The highest BCUT2D eigenvalue weighted by Gasteiger charge is 2.40. The van der Waals surface area contributed by atoms with Crippen LogP contribution in [-0.2, 0) is 4.79 Å². The van der Waals surface area contributed by atoms with Gasteiger partial charge in [0.2, 0.25) is 5.91 Å². The summed E-state index contributed by atoms with van der Waals surface area (Å²) in [4.78, 5) is 20.6. The molecule has 0 bridgehead atoms. The number of amidine groups is 1. The van der Waals surface area contributed by atoms with Crippen molar-refractivity contribution in [2.24, 2.45) is 0 Å². The number of rotatable bonds is 6. The highest BCUT2D eigenvalue weighted by atomic mass is 35.5. The van der Waals surface area contributed by atoms with Crippen LogP contribution >= 0.6 is 11.6 Å². The third-order valence-electron chi connectivity index (χ3n) is 8.64. The number of nitrogens with one attached hydrogen (secondary N) is 4. The van der Waals surface area contributed by atoms with E-state index in [9.17, 15) is 15.3 Å². The molecular formula is C33H38ClFN8O2. The number of aromatic nitrogens is 1. The van der Waals surface area contributed by atoms with Crippen LogP contribution in [0.25, 0.3) is 11.1 Å². The summed E-state index contributed by atoms with van der Waals surface area (Å²) in [5.74, 6) is -0.888. The number of amides is 1. The number of carbonyl (C=O) groups is 1. The van der Waals surface area contributed by atoms with Crippen molar-refractivity contribution in [1.82, 2.24) is 14.8 Å². The standard InChI is InChI=1S/C33H38ClFN8O2/c1-6-23(45)42-14-18(4)43-20(15-42)10-12-40-31-26(33(43)38)32(41-29-17(3)9-11-39-30(29)19(5)44)28(35)25(27(31)34)24-16(2)7-8-22(37)21(24)13-36/h6-9,11,13,18-20,36,38,40-41,44H,1,10,12,14-15,37H2,2-5H3. The average molecular weight is 633 g/mol. The summed E-state index contributed by atoms with van der Waals surface area (Å²) in [5.41, 5.74) is 9.89. The molecule has 1 amide bonds. The Morgan fingerprint density at radius 3 is 2.64 bits per heavy atom. The van der Waals surface area contributed by atoms with E-state index < -0.39 is 11.9 Å². The summed E-state index contributed by atoms with van der Waals surface area (Å²) < 4.78 is 17.4. The quantitative estimate of drug-likeness (QED) is 0.115. The Morgan fingerprint density at radius 2 is 1.98 bits per heavy atom. The third kappa shape index (κ3) is 5.51. The van der Waals surface area contributed by atoms with Gasteiger partial charge in [0.25, 0.3) is 0 Å². The maximum atomic E-state index is 17.4. The number of aliphatic hydroxyl groups is 1. The topological polar surface area (TPSA) is 154 Å². The van der Waals surface area contributed by atoms with Gasteiger partial charge in [0, 0.05) is 54.9 Å². The number of aryl methyl sites for hydroxylation is 2. The van der Waals surface area contributed by atoms with Crippen LogP contribution in [0.5, 0.6) is 0 Å². The molecule has 1 saturated heterocycles. The van der Waals surface area contributed by atoms with Crippen molar-refractivity contribution < 1.29 is 14.3 Å². The lowest BCUT2D eigenvalue weighted by molar-refractivity contribution is -0.129. The number of carbonyl (C=O) groups excluding carboxylic acids is 1. The fraction of sp³-hybridized carbons (Fsp3) is 0.333. The van der Waals surface area contributed by atoms with Crippen LogP contribution in [0.15, 0.2) is 37.1 Å². The van der Waals surface area contributed by atoms with Crippen LogP contribution in [0.3, 0.4) is 0 Å². The summed E-state index contributed by atoms with van der Waals surface area (Å²) >= 11 is 7.12. The Morgan fingerprint density at radius 1 is 1.24 bits per heavy atom. The molecule has 0 spiro atoms. The van der Waals surface area contributed by atoms with E-state index in [1.165, 1.54) is 6.08 Å². The number of benzene rings is 2. The molecule has 2 aliphatic rings. The van der Waals surface area contributed by atoms with Crippen molar-refractivity contribution in [3.8, 4) is 11.1 Å². The summed E-state index contributed by atoms with van der Waals surface area (Å²) in [6, 6.07) is 4.67. The number of nitrogen functional groups attached to an aromatic ring is 1. The molecule has 3 atom stereocenters. The molecule has 0 saturated carbocycles. The number of nitrogens with two attached hydrogens (primary N) is 1. The lowest BCUT2D eigenvalue weighted by Gasteiger charge is -2.48. The van der Waals surface area contributed by atoms with E-state index in [-0.39, 0.29) is 45.7 Å². The molecule has 1 aromatic heterocycles. The minimum Gasteiger partial charge on any atom is -0.398 e. The summed E-state index contributed by atoms with van der Waals surface area (Å²) in [5, 5.41) is 34.9. The first kappa shape index (κ1) is 31.9. The molecule has 0 aliphatic carbocycles. The second kappa shape index (κ2) is 12.5. The zero-order chi connectivity index (χ0) is 32.7. The van der Waals surface area contributed by atoms with Gasteiger partial charge in [0.05, 0.1) is 45.5 Å². The van der Waals surface area contributed by atoms with Crippen LogP contribution < -0.4 is 16.4 Å². The molecule has 236 valence electrons. The van der Waals surface area contributed by atoms with Gasteiger partial charge in [0.1, 0.15) is 5.84 Å². The van der Waals surface area contributed by atoms with Crippen LogP contribution in [0.1, 0.15) is 54.3 Å². The van der Waals surface area contributed by atoms with E-state index in [1.54, 1.807) is 43.1 Å². The summed E-state index contributed by atoms with van der Waals surface area (Å²) in [6.07, 6.45) is 3.56. The van der Waals surface area contributed by atoms with Crippen molar-refractivity contribution >= 4 is 52.3 Å². The Bertz CT molecular complexity index is 1730. The van der Waals surface area contributed by atoms with E-state index in [0.29, 0.717) is 71.1 Å². The molecule has 2 aromatic carbocycles. The Kier molecular flexibility index (Phi) is 8.86. The number of piperazine rings is 1. The Hall–Kier alpha value is -4.48. The maximum absolute atomic E-state index is 17.4. The fourth-order valence-corrected chi connectivity index (χ4v) is 6.80. The number of aliphatic hydroxyl groups excluding tert-OH is 1. The smallest absolute Gasteiger partial charge is 0.246 e. The van der Waals surface area contributed by atoms with Crippen LogP contribution in [-0.4, -0.2) is 69.6 Å². The number of halogens is 2. The van der Waals surface area contributed by atoms with Crippen molar-refractivity contribution in [3.05, 3.63) is 75.8 Å². The first-order valence-electron chi connectivity index (χ1n) is 14.8. The van der Waals surface area contributed by atoms with E-state index in [2.05, 4.69) is 22.2 Å². The first-order valence-corrected chi connectivity index (χ1v) is 15.2. The fourth-order valence-electron chi connectivity index (χ4n) is 6.47. The van der Waals surface area contributed by atoms with E-state index in [4.69, 9.17) is 22.7 Å². The van der Waals surface area contributed by atoms with E-state index in [1.807, 2.05) is 18.7 Å². The second-order valence-electron chi connectivity index (χ2n) is 11.6. The molecule has 2 aliphatic heterocycles. The zero-order valence-corrected chi connectivity index (χ0v) is 26.5. The van der Waals surface area contributed by atoms with Gasteiger partial charge in [-0.25, -0.2) is 4.39 Å². The SMILES string of the molecule is C=CC(=O)N1CC(C)N2C(=N)c3c(Nc4c(C)ccnc4C(C)O)c(F)c(-c4c(C)ccc(N)c4C=N)c(Cl)c3NCCC2C1. The predicted octanol–water partition coefficient (Wildman–Crippen LogP) is 5.76. The molecule has 12 heteroatoms. The summed E-state index contributed by atoms with van der Waals surface area (Å²) in [7, 11) is 0. The minimum atomic E-state index is -0.970. The third-order valence-corrected chi connectivity index (χ3v) is 9.02. The number of nitrogens with zero attached hydrogens (tertiary/aromatic N) is 3. The molecular weight excluding hydrogens is 595 g/mol. The number of hydrogen-bond donors (Lipinski definition) is 6. The maximum Gasteiger partial charge on any atom is 0.246 e. The molecule has 10 nitrogen and oxygen atoms in total. The largest absolute Gasteiger partial charge is 0.398 e. The number of anilines is 4. The molecule has 0 radical (unpaired) electrons. The molecule has 3 unspecified atom stereocenters. The number of pyridine rings is 1. The lowest BCUT2D eigenvalue weighted by atomic mass is 9.89. The van der Waals surface area contributed by atoms with Crippen LogP contribution in [0.2, 0.25) is 5.02 Å². The molecule has 3 heterocycles. The van der Waals surface area contributed by atoms with Gasteiger partial charge in [-0.1, -0.05) is 24.2 Å². The Labute approximate surface area is 267 Å².